The molecule has 2 aliphatic rings. The SMILES string of the molecule is Cc1ccc(S(=O)(=O)Oc2ccc(C(=O)N(CCCN3CCOCC3)CCc3c[nH]c4ccccc34)c(C(=O)N(CCCN3CCOCC3)CCc3c[nH]c4ccccc34)c2)cc1. The van der Waals surface area contributed by atoms with Crippen molar-refractivity contribution in [3.63, 3.8) is 0 Å². The largest absolute Gasteiger partial charge is 0.379 e. The minimum absolute atomic E-state index is 0.00618. The number of morpholine rings is 2. The number of nitrogens with one attached hydrogen (secondary N) is 2. The lowest BCUT2D eigenvalue weighted by molar-refractivity contribution is 0.0356. The van der Waals surface area contributed by atoms with Crippen LogP contribution < -0.4 is 4.18 Å². The fourth-order valence-corrected chi connectivity index (χ4v) is 9.52. The topological polar surface area (TPSA) is 141 Å². The van der Waals surface area contributed by atoms with Crippen LogP contribution in [0.4, 0.5) is 0 Å². The second kappa shape index (κ2) is 20.8. The van der Waals surface area contributed by atoms with Crippen LogP contribution in [0.2, 0.25) is 0 Å². The average molecular weight is 875 g/mol. The first kappa shape index (κ1) is 44.1. The summed E-state index contributed by atoms with van der Waals surface area (Å²) in [4.78, 5) is 45.4. The molecule has 4 aromatic carbocycles. The van der Waals surface area contributed by atoms with E-state index in [0.29, 0.717) is 71.9 Å². The third-order valence-corrected chi connectivity index (χ3v) is 13.5. The first-order valence-electron chi connectivity index (χ1n) is 22.2. The number of hydrogen-bond acceptors (Lipinski definition) is 9. The number of amides is 2. The molecule has 0 bridgehead atoms. The molecule has 2 fully saturated rings. The number of para-hydroxylation sites is 2. The summed E-state index contributed by atoms with van der Waals surface area (Å²) in [7, 11) is -4.26. The maximum atomic E-state index is 15.2. The van der Waals surface area contributed by atoms with Gasteiger partial charge in [0.2, 0.25) is 0 Å². The van der Waals surface area contributed by atoms with Crippen molar-refractivity contribution in [2.75, 3.05) is 91.9 Å². The number of nitrogens with zero attached hydrogens (tertiary/aromatic N) is 4. The molecule has 8 rings (SSSR count). The Morgan fingerprint density at radius 3 is 1.65 bits per heavy atom. The lowest BCUT2D eigenvalue weighted by atomic mass is 10.0. The molecule has 0 spiro atoms. The van der Waals surface area contributed by atoms with Gasteiger partial charge < -0.3 is 33.4 Å². The molecule has 63 heavy (non-hydrogen) atoms. The number of aromatic nitrogens is 2. The van der Waals surface area contributed by atoms with Gasteiger partial charge in [0.1, 0.15) is 10.6 Å². The van der Waals surface area contributed by atoms with Gasteiger partial charge in [-0.15, -0.1) is 0 Å². The second-order valence-corrected chi connectivity index (χ2v) is 18.0. The molecule has 0 unspecified atom stereocenters. The molecule has 2 amide bonds. The summed E-state index contributed by atoms with van der Waals surface area (Å²) in [5.41, 5.74) is 5.45. The van der Waals surface area contributed by atoms with E-state index in [0.717, 1.165) is 84.2 Å². The van der Waals surface area contributed by atoms with E-state index in [1.165, 1.54) is 24.3 Å². The van der Waals surface area contributed by atoms with E-state index >= 15 is 9.59 Å². The highest BCUT2D eigenvalue weighted by Gasteiger charge is 2.28. The normalized spacial score (nSPS) is 15.2. The Kier molecular flexibility index (Phi) is 14.6. The van der Waals surface area contributed by atoms with Gasteiger partial charge in [-0.2, -0.15) is 8.42 Å². The van der Waals surface area contributed by atoms with Gasteiger partial charge in [-0.1, -0.05) is 54.1 Å². The van der Waals surface area contributed by atoms with Crippen molar-refractivity contribution in [1.82, 2.24) is 29.6 Å². The first-order chi connectivity index (χ1) is 30.7. The number of aryl methyl sites for hydroxylation is 1. The van der Waals surface area contributed by atoms with Gasteiger partial charge in [-0.05, 0) is 86.2 Å². The Morgan fingerprint density at radius 2 is 1.13 bits per heavy atom. The third-order valence-electron chi connectivity index (χ3n) is 12.2. The summed E-state index contributed by atoms with van der Waals surface area (Å²) in [5, 5.41) is 2.20. The van der Waals surface area contributed by atoms with Gasteiger partial charge in [0.25, 0.3) is 11.8 Å². The monoisotopic (exact) mass is 874 g/mol. The fourth-order valence-electron chi connectivity index (χ4n) is 8.60. The predicted octanol–water partition coefficient (Wildman–Crippen LogP) is 6.54. The number of ether oxygens (including phenoxy) is 2. The number of aromatic amines is 2. The van der Waals surface area contributed by atoms with Gasteiger partial charge >= 0.3 is 10.1 Å². The van der Waals surface area contributed by atoms with Crippen LogP contribution >= 0.6 is 0 Å². The maximum Gasteiger partial charge on any atom is 0.339 e. The van der Waals surface area contributed by atoms with Gasteiger partial charge in [-0.3, -0.25) is 19.4 Å². The first-order valence-corrected chi connectivity index (χ1v) is 23.6. The van der Waals surface area contributed by atoms with Crippen molar-refractivity contribution in [2.24, 2.45) is 0 Å². The summed E-state index contributed by atoms with van der Waals surface area (Å²) in [5.74, 6) is -0.695. The van der Waals surface area contributed by atoms with Gasteiger partial charge in [0.05, 0.1) is 37.6 Å². The third kappa shape index (κ3) is 11.2. The van der Waals surface area contributed by atoms with Crippen LogP contribution in [0.1, 0.15) is 50.2 Å². The van der Waals surface area contributed by atoms with Crippen LogP contribution in [0.3, 0.4) is 0 Å². The van der Waals surface area contributed by atoms with E-state index in [-0.39, 0.29) is 33.6 Å². The highest BCUT2D eigenvalue weighted by atomic mass is 32.2. The summed E-state index contributed by atoms with van der Waals surface area (Å²) < 4.78 is 44.1. The Balaban J connectivity index is 1.12. The number of carbonyl (C=O) groups is 2. The maximum absolute atomic E-state index is 15.2. The molecule has 2 aromatic heterocycles. The molecule has 2 saturated heterocycles. The van der Waals surface area contributed by atoms with Crippen molar-refractivity contribution >= 4 is 43.7 Å². The van der Waals surface area contributed by atoms with Crippen molar-refractivity contribution in [3.05, 3.63) is 131 Å². The van der Waals surface area contributed by atoms with Gasteiger partial charge in [-0.25, -0.2) is 0 Å². The summed E-state index contributed by atoms with van der Waals surface area (Å²) in [6, 6.07) is 27.1. The van der Waals surface area contributed by atoms with Crippen molar-refractivity contribution in [1.29, 1.82) is 0 Å². The van der Waals surface area contributed by atoms with Gasteiger partial charge in [0.15, 0.2) is 0 Å². The number of rotatable bonds is 19. The summed E-state index contributed by atoms with van der Waals surface area (Å²) in [6.07, 6.45) is 6.61. The molecule has 4 heterocycles. The zero-order valence-electron chi connectivity index (χ0n) is 36.1. The molecule has 0 radical (unpaired) electrons. The van der Waals surface area contributed by atoms with Crippen LogP contribution in [-0.4, -0.2) is 142 Å². The standard InChI is InChI=1S/C49H58N6O7S/c1-37-12-15-41(16-13-37)63(58,59)62-40-14-17-44(48(56)54(22-6-20-52-26-30-60-31-27-52)24-18-38-35-50-46-10-4-2-8-42(38)46)45(34-40)49(57)55(23-7-21-53-28-32-61-33-29-53)25-19-39-36-51-47-11-5-3-9-43(39)47/h2-5,8-17,34-36,50-51H,6-7,18-33H2,1H3. The predicted molar refractivity (Wildman–Crippen MR) is 245 cm³/mol. The van der Waals surface area contributed by atoms with Crippen molar-refractivity contribution in [2.45, 2.75) is 37.5 Å². The average Bonchev–Trinajstić information content (AvgIpc) is 3.93. The van der Waals surface area contributed by atoms with Gasteiger partial charge in [0, 0.05) is 99.6 Å². The van der Waals surface area contributed by atoms with Crippen molar-refractivity contribution in [3.8, 4) is 5.75 Å². The molecule has 13 nitrogen and oxygen atoms in total. The van der Waals surface area contributed by atoms with E-state index in [9.17, 15) is 8.42 Å². The summed E-state index contributed by atoms with van der Waals surface area (Å²) >= 11 is 0. The Bertz CT molecular complexity index is 2580. The van der Waals surface area contributed by atoms with Crippen LogP contribution in [0.25, 0.3) is 21.8 Å². The fraction of sp³-hybridized carbons (Fsp3) is 0.388. The number of hydrogen-bond donors (Lipinski definition) is 2. The highest BCUT2D eigenvalue weighted by Crippen LogP contribution is 2.27. The van der Waals surface area contributed by atoms with E-state index in [1.54, 1.807) is 23.1 Å². The molecule has 2 N–H and O–H groups in total. The molecule has 14 heteroatoms. The number of H-pyrrole nitrogens is 2. The molecule has 2 aliphatic heterocycles. The molecule has 0 saturated carbocycles. The van der Waals surface area contributed by atoms with Crippen LogP contribution in [0, 0.1) is 6.92 Å². The molecule has 6 aromatic rings. The van der Waals surface area contributed by atoms with Crippen molar-refractivity contribution < 1.29 is 31.7 Å². The molecule has 332 valence electrons. The van der Waals surface area contributed by atoms with Crippen LogP contribution in [-0.2, 0) is 32.4 Å². The minimum Gasteiger partial charge on any atom is -0.379 e. The molecular weight excluding hydrogens is 817 g/mol. The lowest BCUT2D eigenvalue weighted by Crippen LogP contribution is -2.41. The zero-order valence-corrected chi connectivity index (χ0v) is 36.9. The van der Waals surface area contributed by atoms with Crippen LogP contribution in [0.15, 0.2) is 108 Å². The van der Waals surface area contributed by atoms with E-state index < -0.39 is 10.1 Å². The summed E-state index contributed by atoms with van der Waals surface area (Å²) in [6.45, 7) is 11.2. The number of benzene rings is 4. The Labute approximate surface area is 370 Å². The quantitative estimate of drug-likeness (QED) is 0.0869. The Morgan fingerprint density at radius 1 is 0.635 bits per heavy atom. The molecule has 0 aliphatic carbocycles. The van der Waals surface area contributed by atoms with Crippen LogP contribution in [0.5, 0.6) is 5.75 Å². The van der Waals surface area contributed by atoms with E-state index in [2.05, 4.69) is 31.9 Å². The van der Waals surface area contributed by atoms with E-state index in [4.69, 9.17) is 13.7 Å². The molecule has 0 atom stereocenters. The minimum atomic E-state index is -4.26. The smallest absolute Gasteiger partial charge is 0.339 e. The highest BCUT2D eigenvalue weighted by molar-refractivity contribution is 7.87. The lowest BCUT2D eigenvalue weighted by Gasteiger charge is -2.30. The number of carbonyl (C=O) groups excluding carboxylic acids is 2. The van der Waals surface area contributed by atoms with E-state index in [1.807, 2.05) is 60.6 Å². The number of fused-ring (bicyclic) bond motifs is 2. The Hall–Kier alpha value is -5.51. The zero-order chi connectivity index (χ0) is 43.6. The second-order valence-electron chi connectivity index (χ2n) is 16.5. The molecular formula is C49H58N6O7S.